The topological polar surface area (TPSA) is 103 Å². The second kappa shape index (κ2) is 9.54. The van der Waals surface area contributed by atoms with E-state index in [0.29, 0.717) is 0 Å². The van der Waals surface area contributed by atoms with Gasteiger partial charge < -0.3 is 5.73 Å². The molecule has 0 atom stereocenters. The number of carbonyl (C=O) groups excluding carboxylic acids is 1. The first-order valence-electron chi connectivity index (χ1n) is 1.94. The molecule has 0 rings (SSSR count). The molecular weight excluding hydrogens is 120 g/mol. The van der Waals surface area contributed by atoms with Crippen molar-refractivity contribution in [3.05, 3.63) is 0 Å². The van der Waals surface area contributed by atoms with Crippen LogP contribution in [-0.2, 0) is 4.79 Å². The molecule has 0 saturated heterocycles. The van der Waals surface area contributed by atoms with Gasteiger partial charge in [-0.3, -0.25) is 4.79 Å². The van der Waals surface area contributed by atoms with Crippen LogP contribution in [0.1, 0.15) is 6.92 Å². The van der Waals surface area contributed by atoms with Crippen molar-refractivity contribution < 1.29 is 4.79 Å². The highest BCUT2D eigenvalue weighted by Crippen LogP contribution is 1.33. The van der Waals surface area contributed by atoms with Crippen LogP contribution in [-0.4, -0.2) is 5.91 Å². The molecule has 0 unspecified atom stereocenters. The van der Waals surface area contributed by atoms with Gasteiger partial charge in [0.2, 0.25) is 5.91 Å². The van der Waals surface area contributed by atoms with Crippen molar-refractivity contribution >= 4 is 5.91 Å². The van der Waals surface area contributed by atoms with Gasteiger partial charge in [-0.2, -0.15) is 10.5 Å². The van der Waals surface area contributed by atoms with E-state index in [-0.39, 0.29) is 5.91 Å². The summed E-state index contributed by atoms with van der Waals surface area (Å²) >= 11 is 0. The summed E-state index contributed by atoms with van der Waals surface area (Å²) in [6.45, 7) is 1.31. The Morgan fingerprint density at radius 1 is 1.56 bits per heavy atom. The van der Waals surface area contributed by atoms with E-state index >= 15 is 0 Å². The van der Waals surface area contributed by atoms with Crippen LogP contribution in [0.5, 0.6) is 0 Å². The largest absolute Gasteiger partial charge is 0.370 e. The number of amides is 1. The lowest BCUT2D eigenvalue weighted by atomic mass is 10.8. The number of carbonyl (C=O) groups is 1. The van der Waals surface area contributed by atoms with Crippen LogP contribution in [0.15, 0.2) is 0 Å². The molecule has 0 aliphatic carbocycles. The second-order valence-corrected chi connectivity index (χ2v) is 0.959. The molecule has 0 aromatic carbocycles. The molecule has 0 spiro atoms. The Labute approximate surface area is 52.7 Å². The molecule has 5 nitrogen and oxygen atoms in total. The lowest BCUT2D eigenvalue weighted by Gasteiger charge is -1.60. The fourth-order valence-electron chi connectivity index (χ4n) is 0.0250. The number of hydrogen-bond acceptors (Lipinski definition) is 4. The third-order valence-corrected chi connectivity index (χ3v) is 0.112. The summed E-state index contributed by atoms with van der Waals surface area (Å²) in [4.78, 5) is 9.22. The predicted octanol–water partition coefficient (Wildman–Crippen LogP) is -0.970. The summed E-state index contributed by atoms with van der Waals surface area (Å²) in [6, 6.07) is 0. The molecule has 0 aliphatic heterocycles. The summed E-state index contributed by atoms with van der Waals surface area (Å²) in [5.41, 5.74) is 4.47. The minimum Gasteiger partial charge on any atom is -0.370 e. The molecule has 0 bridgehead atoms. The lowest BCUT2D eigenvalue weighted by Crippen LogP contribution is -2.01. The smallest absolute Gasteiger partial charge is 0.214 e. The van der Waals surface area contributed by atoms with Gasteiger partial charge in [0, 0.05) is 6.92 Å². The van der Waals surface area contributed by atoms with Crippen molar-refractivity contribution in [1.82, 2.24) is 5.32 Å². The first-order valence-corrected chi connectivity index (χ1v) is 1.94. The zero-order valence-corrected chi connectivity index (χ0v) is 4.88. The van der Waals surface area contributed by atoms with Crippen molar-refractivity contribution in [2.45, 2.75) is 6.92 Å². The van der Waals surface area contributed by atoms with Crippen LogP contribution in [0, 0.1) is 22.9 Å². The molecule has 0 heterocycles. The number of nitrogens with one attached hydrogen (secondary N) is 1. The van der Waals surface area contributed by atoms with Gasteiger partial charge in [-0.1, -0.05) is 0 Å². The number of nitrogens with zero attached hydrogens (tertiary/aromatic N) is 2. The Morgan fingerprint density at radius 3 is 1.78 bits per heavy atom. The highest BCUT2D eigenvalue weighted by Gasteiger charge is 1.61. The first kappa shape index (κ1) is 10.3. The van der Waals surface area contributed by atoms with Crippen LogP contribution in [0.2, 0.25) is 0 Å². The average molecular weight is 126 g/mol. The van der Waals surface area contributed by atoms with E-state index in [4.69, 9.17) is 10.5 Å². The fraction of sp³-hybridized carbons (Fsp3) is 0.250. The fourth-order valence-corrected chi connectivity index (χ4v) is 0.0250. The molecular formula is C4H6N4O. The van der Waals surface area contributed by atoms with Crippen LogP contribution in [0.4, 0.5) is 0 Å². The first-order chi connectivity index (χ1) is 4.15. The van der Waals surface area contributed by atoms with Crippen molar-refractivity contribution in [3.63, 3.8) is 0 Å². The highest BCUT2D eigenvalue weighted by molar-refractivity contribution is 5.70. The zero-order chi connectivity index (χ0) is 7.70. The molecule has 0 fully saturated rings. The molecule has 0 radical (unpaired) electrons. The Kier molecular flexibility index (Phi) is 10.9. The standard InChI is InChI=1S/C2HN3.C2H5NO/c3-1-5-2-4;1-2(3)4/h5H;1H3,(H2,3,4). The highest BCUT2D eigenvalue weighted by atomic mass is 16.1. The monoisotopic (exact) mass is 126 g/mol. The maximum absolute atomic E-state index is 9.22. The molecule has 5 heteroatoms. The summed E-state index contributed by atoms with van der Waals surface area (Å²) in [5, 5.41) is 16.7. The van der Waals surface area contributed by atoms with E-state index in [2.05, 4.69) is 5.73 Å². The minimum absolute atomic E-state index is 0.333. The molecule has 0 aromatic rings. The van der Waals surface area contributed by atoms with Crippen molar-refractivity contribution in [3.8, 4) is 12.4 Å². The summed E-state index contributed by atoms with van der Waals surface area (Å²) in [7, 11) is 0. The zero-order valence-electron chi connectivity index (χ0n) is 4.88. The number of rotatable bonds is 0. The van der Waals surface area contributed by atoms with Gasteiger partial charge in [-0.15, -0.1) is 0 Å². The lowest BCUT2D eigenvalue weighted by molar-refractivity contribution is -0.115. The maximum atomic E-state index is 9.22. The van der Waals surface area contributed by atoms with E-state index in [1.807, 2.05) is 0 Å². The van der Waals surface area contributed by atoms with Crippen molar-refractivity contribution in [2.75, 3.05) is 0 Å². The summed E-state index contributed by atoms with van der Waals surface area (Å²) in [6.07, 6.45) is 2.81. The summed E-state index contributed by atoms with van der Waals surface area (Å²) in [5.74, 6) is -0.333. The van der Waals surface area contributed by atoms with Gasteiger partial charge in [-0.25, -0.2) is 5.32 Å². The van der Waals surface area contributed by atoms with Crippen molar-refractivity contribution in [2.24, 2.45) is 5.73 Å². The number of nitriles is 2. The normalized spacial score (nSPS) is 4.78. The van der Waals surface area contributed by atoms with Crippen LogP contribution < -0.4 is 11.1 Å². The van der Waals surface area contributed by atoms with E-state index in [1.54, 1.807) is 5.32 Å². The molecule has 0 aliphatic rings. The van der Waals surface area contributed by atoms with Gasteiger partial charge in [0.25, 0.3) is 0 Å². The summed E-state index contributed by atoms with van der Waals surface area (Å²) < 4.78 is 0. The van der Waals surface area contributed by atoms with Gasteiger partial charge in [0.1, 0.15) is 0 Å². The van der Waals surface area contributed by atoms with Crippen LogP contribution in [0.3, 0.4) is 0 Å². The quantitative estimate of drug-likeness (QED) is 0.322. The van der Waals surface area contributed by atoms with E-state index in [0.717, 1.165) is 0 Å². The molecule has 0 aromatic heterocycles. The molecule has 48 valence electrons. The number of primary amides is 1. The van der Waals surface area contributed by atoms with Gasteiger partial charge in [0.15, 0.2) is 12.4 Å². The predicted molar refractivity (Wildman–Crippen MR) is 29.2 cm³/mol. The number of nitrogens with two attached hydrogens (primary N) is 1. The minimum atomic E-state index is -0.333. The third kappa shape index (κ3) is 1810. The number of hydrogen-bond donors (Lipinski definition) is 2. The van der Waals surface area contributed by atoms with Gasteiger partial charge >= 0.3 is 0 Å². The molecule has 1 amide bonds. The molecule has 9 heavy (non-hydrogen) atoms. The van der Waals surface area contributed by atoms with Crippen LogP contribution in [0.25, 0.3) is 0 Å². The molecule has 0 saturated carbocycles. The van der Waals surface area contributed by atoms with Gasteiger partial charge in [-0.05, 0) is 0 Å². The second-order valence-electron chi connectivity index (χ2n) is 0.959. The van der Waals surface area contributed by atoms with Gasteiger partial charge in [0.05, 0.1) is 0 Å². The van der Waals surface area contributed by atoms with Crippen molar-refractivity contribution in [1.29, 1.82) is 10.5 Å². The Balaban J connectivity index is 0. The van der Waals surface area contributed by atoms with Crippen LogP contribution >= 0.6 is 0 Å². The van der Waals surface area contributed by atoms with E-state index < -0.39 is 0 Å². The van der Waals surface area contributed by atoms with E-state index in [9.17, 15) is 4.79 Å². The SMILES string of the molecule is CC(N)=O.N#CNC#N. The Hall–Kier alpha value is -1.75. The Bertz CT molecular complexity index is 135. The average Bonchev–Trinajstić information content (AvgIpc) is 1.66. The Morgan fingerprint density at radius 2 is 1.78 bits per heavy atom. The van der Waals surface area contributed by atoms with E-state index in [1.165, 1.54) is 19.3 Å². The molecule has 3 N–H and O–H groups in total. The third-order valence-electron chi connectivity index (χ3n) is 0.112. The maximum Gasteiger partial charge on any atom is 0.214 e.